The molecule has 0 N–H and O–H groups in total. The first-order chi connectivity index (χ1) is 40.5. The Bertz CT molecular complexity index is 4910. The number of fused-ring (bicyclic) bond motifs is 12. The number of hydrogen-bond acceptors (Lipinski definition) is 4. The molecule has 82 heavy (non-hydrogen) atoms. The summed E-state index contributed by atoms with van der Waals surface area (Å²) in [6.07, 6.45) is 0. The Hall–Kier alpha value is -10.7. The first kappa shape index (κ1) is 47.3. The summed E-state index contributed by atoms with van der Waals surface area (Å²) in [5.74, 6) is 0. The van der Waals surface area contributed by atoms with Crippen molar-refractivity contribution in [3.63, 3.8) is 0 Å². The Kier molecular flexibility index (Phi) is 11.0. The van der Waals surface area contributed by atoms with E-state index in [-0.39, 0.29) is 0 Å². The summed E-state index contributed by atoms with van der Waals surface area (Å²) in [7, 11) is 0. The van der Waals surface area contributed by atoms with Crippen LogP contribution in [0, 0.1) is 13.8 Å². The molecule has 0 spiro atoms. The first-order valence-corrected chi connectivity index (χ1v) is 28.1. The minimum absolute atomic E-state index is 0.881. The fraction of sp³-hybridized carbons (Fsp3) is 0.0256. The van der Waals surface area contributed by atoms with Crippen LogP contribution in [0.2, 0.25) is 0 Å². The topological polar surface area (TPSA) is 32.8 Å². The van der Waals surface area contributed by atoms with Crippen molar-refractivity contribution in [3.8, 4) is 33.4 Å². The highest BCUT2D eigenvalue weighted by Gasteiger charge is 2.25. The van der Waals surface area contributed by atoms with E-state index in [4.69, 9.17) is 8.83 Å². The van der Waals surface area contributed by atoms with E-state index in [0.717, 1.165) is 123 Å². The van der Waals surface area contributed by atoms with Crippen molar-refractivity contribution in [1.29, 1.82) is 0 Å². The van der Waals surface area contributed by atoms with Gasteiger partial charge in [0.2, 0.25) is 0 Å². The summed E-state index contributed by atoms with van der Waals surface area (Å²) in [5.41, 5.74) is 19.3. The zero-order chi connectivity index (χ0) is 54.4. The van der Waals surface area contributed by atoms with Crippen molar-refractivity contribution in [1.82, 2.24) is 0 Å². The molecule has 16 aromatic rings. The molecule has 0 aliphatic carbocycles. The van der Waals surface area contributed by atoms with E-state index in [1.165, 1.54) is 43.1 Å². The lowest BCUT2D eigenvalue weighted by molar-refractivity contribution is 0.668. The van der Waals surface area contributed by atoms with Gasteiger partial charge in [0.1, 0.15) is 22.3 Å². The van der Waals surface area contributed by atoms with Crippen LogP contribution in [-0.2, 0) is 0 Å². The summed E-state index contributed by atoms with van der Waals surface area (Å²) < 4.78 is 12.7. The van der Waals surface area contributed by atoms with Gasteiger partial charge in [0.25, 0.3) is 0 Å². The Labute approximate surface area is 474 Å². The van der Waals surface area contributed by atoms with Crippen molar-refractivity contribution in [3.05, 3.63) is 290 Å². The molecule has 0 aliphatic heterocycles. The number of nitrogens with zero attached hydrogens (tertiary/aromatic N) is 2. The first-order valence-electron chi connectivity index (χ1n) is 28.1. The SMILES string of the molecule is Cc1cc(-c2ccc(N(c3ccccc3-c3ccc4oc5ccccc5c4c3)c3cc4ccccc4c4ccccc34)c(C)c2)ccc1N(c1ccccc1-c1ccc2oc3ccccc3c2c1)c1cc2ccccc2c2ccccc12. The third-order valence-electron chi connectivity index (χ3n) is 16.8. The second kappa shape index (κ2) is 19.0. The van der Waals surface area contributed by atoms with Gasteiger partial charge in [0.05, 0.1) is 22.7 Å². The average Bonchev–Trinajstić information content (AvgIpc) is 4.24. The predicted octanol–water partition coefficient (Wildman–Crippen LogP) is 22.7. The van der Waals surface area contributed by atoms with Crippen LogP contribution in [0.15, 0.2) is 288 Å². The molecule has 0 radical (unpaired) electrons. The van der Waals surface area contributed by atoms with Gasteiger partial charge in [0, 0.05) is 54.8 Å². The summed E-state index contributed by atoms with van der Waals surface area (Å²) in [6, 6.07) is 101. The van der Waals surface area contributed by atoms with Gasteiger partial charge in [-0.1, -0.05) is 194 Å². The van der Waals surface area contributed by atoms with E-state index >= 15 is 0 Å². The Morgan fingerprint density at radius 3 is 1.00 bits per heavy atom. The molecule has 0 saturated heterocycles. The van der Waals surface area contributed by atoms with Gasteiger partial charge in [-0.05, 0) is 164 Å². The Morgan fingerprint density at radius 1 is 0.220 bits per heavy atom. The Balaban J connectivity index is 0.856. The highest BCUT2D eigenvalue weighted by molar-refractivity contribution is 6.17. The van der Waals surface area contributed by atoms with Crippen molar-refractivity contribution in [2.45, 2.75) is 13.8 Å². The average molecular weight is 1050 g/mol. The maximum Gasteiger partial charge on any atom is 0.135 e. The van der Waals surface area contributed by atoms with E-state index in [2.05, 4.69) is 278 Å². The van der Waals surface area contributed by atoms with E-state index < -0.39 is 0 Å². The highest BCUT2D eigenvalue weighted by atomic mass is 16.3. The standard InChI is InChI=1S/C78H52N2O2/c1-49-43-51(35-39-69(49)79(73-47-53-19-3-5-21-57(53)61-25-7-9-27-63(61)73)71-31-15-11-23-59(71)55-37-41-77-67(45-55)65-29-13-17-33-75(65)81-77)52-36-40-70(50(2)44-52)80(74-48-54-20-4-6-22-58(54)62-26-8-10-28-64(62)74)72-32-16-12-24-60(72)56-38-42-78-68(46-56)66-30-14-18-34-76(66)82-78/h3-48H,1-2H3. The van der Waals surface area contributed by atoms with Crippen molar-refractivity contribution >= 4 is 121 Å². The van der Waals surface area contributed by atoms with Crippen LogP contribution in [-0.4, -0.2) is 0 Å². The zero-order valence-corrected chi connectivity index (χ0v) is 45.3. The van der Waals surface area contributed by atoms with Gasteiger partial charge in [0.15, 0.2) is 0 Å². The number of benzene rings is 14. The maximum atomic E-state index is 6.33. The second-order valence-corrected chi connectivity index (χ2v) is 21.7. The Morgan fingerprint density at radius 2 is 0.561 bits per heavy atom. The van der Waals surface area contributed by atoms with Gasteiger partial charge in [-0.2, -0.15) is 0 Å². The smallest absolute Gasteiger partial charge is 0.135 e. The van der Waals surface area contributed by atoms with Gasteiger partial charge in [-0.3, -0.25) is 0 Å². The highest BCUT2D eigenvalue weighted by Crippen LogP contribution is 2.50. The summed E-state index contributed by atoms with van der Waals surface area (Å²) >= 11 is 0. The van der Waals surface area contributed by atoms with Crippen molar-refractivity contribution in [2.24, 2.45) is 0 Å². The van der Waals surface area contributed by atoms with Crippen molar-refractivity contribution < 1.29 is 8.83 Å². The molecule has 0 unspecified atom stereocenters. The number of hydrogen-bond donors (Lipinski definition) is 0. The third-order valence-corrected chi connectivity index (χ3v) is 16.8. The van der Waals surface area contributed by atoms with Crippen LogP contribution in [0.25, 0.3) is 120 Å². The van der Waals surface area contributed by atoms with E-state index in [1.807, 2.05) is 24.3 Å². The molecule has 2 heterocycles. The molecule has 4 heteroatoms. The van der Waals surface area contributed by atoms with Crippen LogP contribution in [0.5, 0.6) is 0 Å². The van der Waals surface area contributed by atoms with Gasteiger partial charge >= 0.3 is 0 Å². The van der Waals surface area contributed by atoms with Crippen LogP contribution in [0.3, 0.4) is 0 Å². The number of aryl methyl sites for hydroxylation is 2. The molecule has 0 atom stereocenters. The van der Waals surface area contributed by atoms with Gasteiger partial charge in [-0.25, -0.2) is 0 Å². The molecule has 0 fully saturated rings. The van der Waals surface area contributed by atoms with Crippen LogP contribution in [0.1, 0.15) is 11.1 Å². The molecule has 4 nitrogen and oxygen atoms in total. The molecule has 0 aliphatic rings. The number of para-hydroxylation sites is 4. The zero-order valence-electron chi connectivity index (χ0n) is 45.3. The number of anilines is 6. The normalized spacial score (nSPS) is 11.8. The molecule has 2 aromatic heterocycles. The summed E-state index contributed by atoms with van der Waals surface area (Å²) in [4.78, 5) is 4.98. The fourth-order valence-electron chi connectivity index (χ4n) is 13.0. The second-order valence-electron chi connectivity index (χ2n) is 21.7. The molecule has 0 bridgehead atoms. The van der Waals surface area contributed by atoms with Gasteiger partial charge < -0.3 is 18.6 Å². The molecular weight excluding hydrogens is 997 g/mol. The lowest BCUT2D eigenvalue weighted by Gasteiger charge is -2.31. The predicted molar refractivity (Wildman–Crippen MR) is 346 cm³/mol. The van der Waals surface area contributed by atoms with Crippen LogP contribution < -0.4 is 9.80 Å². The monoisotopic (exact) mass is 1050 g/mol. The molecular formula is C78H52N2O2. The molecule has 0 saturated carbocycles. The molecule has 386 valence electrons. The maximum absolute atomic E-state index is 6.33. The van der Waals surface area contributed by atoms with Crippen molar-refractivity contribution in [2.75, 3.05) is 9.80 Å². The van der Waals surface area contributed by atoms with Crippen LogP contribution >= 0.6 is 0 Å². The van der Waals surface area contributed by atoms with Gasteiger partial charge in [-0.15, -0.1) is 0 Å². The largest absolute Gasteiger partial charge is 0.456 e. The number of rotatable bonds is 9. The van der Waals surface area contributed by atoms with Crippen LogP contribution in [0.4, 0.5) is 34.1 Å². The quantitative estimate of drug-likeness (QED) is 0.135. The molecule has 0 amide bonds. The lowest BCUT2D eigenvalue weighted by atomic mass is 9.94. The minimum Gasteiger partial charge on any atom is -0.456 e. The molecule has 14 aromatic carbocycles. The summed E-state index contributed by atoms with van der Waals surface area (Å²) in [5, 5.41) is 14.1. The van der Waals surface area contributed by atoms with E-state index in [1.54, 1.807) is 0 Å². The minimum atomic E-state index is 0.881. The van der Waals surface area contributed by atoms with E-state index in [9.17, 15) is 0 Å². The molecule has 16 rings (SSSR count). The van der Waals surface area contributed by atoms with E-state index in [0.29, 0.717) is 0 Å². The summed E-state index contributed by atoms with van der Waals surface area (Å²) in [6.45, 7) is 4.52. The lowest BCUT2D eigenvalue weighted by Crippen LogP contribution is -2.13. The third kappa shape index (κ3) is 7.68. The fourth-order valence-corrected chi connectivity index (χ4v) is 13.0. The number of furan rings is 2.